The van der Waals surface area contributed by atoms with Crippen LogP contribution >= 0.6 is 0 Å². The summed E-state index contributed by atoms with van der Waals surface area (Å²) in [5, 5.41) is 7.18. The molecule has 0 aliphatic heterocycles. The molecule has 0 saturated heterocycles. The highest BCUT2D eigenvalue weighted by atomic mass is 32.2. The predicted octanol–water partition coefficient (Wildman–Crippen LogP) is 0.148. The number of nitrogens with zero attached hydrogens (tertiary/aromatic N) is 2. The summed E-state index contributed by atoms with van der Waals surface area (Å²) < 4.78 is 27.8. The highest BCUT2D eigenvalue weighted by Crippen LogP contribution is 2.05. The lowest BCUT2D eigenvalue weighted by Gasteiger charge is -2.06. The van der Waals surface area contributed by atoms with Crippen LogP contribution in [0.3, 0.4) is 0 Å². The van der Waals surface area contributed by atoms with Gasteiger partial charge in [-0.3, -0.25) is 4.68 Å². The second-order valence-electron chi connectivity index (χ2n) is 4.23. The van der Waals surface area contributed by atoms with E-state index in [-0.39, 0.29) is 5.75 Å². The van der Waals surface area contributed by atoms with Crippen molar-refractivity contribution >= 4 is 10.0 Å². The van der Waals surface area contributed by atoms with E-state index in [2.05, 4.69) is 15.1 Å². The molecule has 104 valence electrons. The van der Waals surface area contributed by atoms with Crippen LogP contribution in [0.5, 0.6) is 0 Å². The fraction of sp³-hybridized carbons (Fsp3) is 0.727. The van der Waals surface area contributed by atoms with Crippen molar-refractivity contribution in [3.8, 4) is 0 Å². The molecular weight excluding hydrogens is 252 g/mol. The van der Waals surface area contributed by atoms with Crippen molar-refractivity contribution in [3.05, 3.63) is 17.5 Å². The summed E-state index contributed by atoms with van der Waals surface area (Å²) in [6, 6.07) is 0. The molecule has 1 heterocycles. The average Bonchev–Trinajstić information content (AvgIpc) is 2.63. The van der Waals surface area contributed by atoms with Gasteiger partial charge in [-0.1, -0.05) is 6.92 Å². The highest BCUT2D eigenvalue weighted by molar-refractivity contribution is 7.89. The minimum absolute atomic E-state index is 0.152. The van der Waals surface area contributed by atoms with Crippen molar-refractivity contribution in [1.29, 1.82) is 0 Å². The Hall–Kier alpha value is -0.920. The van der Waals surface area contributed by atoms with Gasteiger partial charge in [-0.15, -0.1) is 0 Å². The smallest absolute Gasteiger partial charge is 0.211 e. The first-order chi connectivity index (χ1) is 8.46. The first-order valence-electron chi connectivity index (χ1n) is 6.12. The Bertz CT molecular complexity index is 467. The van der Waals surface area contributed by atoms with Crippen LogP contribution in [0.15, 0.2) is 6.20 Å². The maximum Gasteiger partial charge on any atom is 0.211 e. The van der Waals surface area contributed by atoms with E-state index in [1.807, 2.05) is 20.9 Å². The second kappa shape index (κ2) is 6.86. The van der Waals surface area contributed by atoms with E-state index in [0.29, 0.717) is 13.0 Å². The minimum Gasteiger partial charge on any atom is -0.317 e. The Labute approximate surface area is 109 Å². The summed E-state index contributed by atoms with van der Waals surface area (Å²) in [5.41, 5.74) is 1.89. The minimum atomic E-state index is -3.19. The topological polar surface area (TPSA) is 76.0 Å². The van der Waals surface area contributed by atoms with Gasteiger partial charge < -0.3 is 5.32 Å². The van der Waals surface area contributed by atoms with Gasteiger partial charge in [0.2, 0.25) is 10.0 Å². The maximum atomic E-state index is 11.7. The number of aryl methyl sites for hydroxylation is 1. The Morgan fingerprint density at radius 3 is 2.72 bits per heavy atom. The predicted molar refractivity (Wildman–Crippen MR) is 71.7 cm³/mol. The number of sulfonamides is 1. The van der Waals surface area contributed by atoms with E-state index >= 15 is 0 Å². The van der Waals surface area contributed by atoms with E-state index in [1.54, 1.807) is 10.9 Å². The van der Waals surface area contributed by atoms with E-state index in [9.17, 15) is 8.42 Å². The molecule has 0 fully saturated rings. The molecule has 0 unspecified atom stereocenters. The third kappa shape index (κ3) is 4.75. The Morgan fingerprint density at radius 2 is 2.17 bits per heavy atom. The van der Waals surface area contributed by atoms with E-state index in [4.69, 9.17) is 0 Å². The average molecular weight is 274 g/mol. The van der Waals surface area contributed by atoms with Crippen molar-refractivity contribution < 1.29 is 8.42 Å². The Kier molecular flexibility index (Phi) is 5.77. The molecule has 0 aromatic carbocycles. The lowest BCUT2D eigenvalue weighted by atomic mass is 10.3. The van der Waals surface area contributed by atoms with Crippen molar-refractivity contribution in [2.24, 2.45) is 7.05 Å². The maximum absolute atomic E-state index is 11.7. The molecule has 0 saturated carbocycles. The summed E-state index contributed by atoms with van der Waals surface area (Å²) in [6.07, 6.45) is 2.31. The van der Waals surface area contributed by atoms with Crippen LogP contribution in [0.25, 0.3) is 0 Å². The lowest BCUT2D eigenvalue weighted by Crippen LogP contribution is -2.28. The molecule has 1 aromatic rings. The number of hydrogen-bond donors (Lipinski definition) is 2. The molecule has 7 heteroatoms. The van der Waals surface area contributed by atoms with Crippen LogP contribution in [0.2, 0.25) is 0 Å². The summed E-state index contributed by atoms with van der Waals surface area (Å²) >= 11 is 0. The van der Waals surface area contributed by atoms with Gasteiger partial charge in [-0.25, -0.2) is 13.1 Å². The molecule has 6 nitrogen and oxygen atoms in total. The Morgan fingerprint density at radius 1 is 1.44 bits per heavy atom. The van der Waals surface area contributed by atoms with E-state index < -0.39 is 10.0 Å². The summed E-state index contributed by atoms with van der Waals surface area (Å²) in [7, 11) is -1.36. The first kappa shape index (κ1) is 15.1. The van der Waals surface area contributed by atoms with Crippen molar-refractivity contribution in [2.45, 2.75) is 26.8 Å². The number of nitrogens with one attached hydrogen (secondary N) is 2. The van der Waals surface area contributed by atoms with Crippen LogP contribution in [0, 0.1) is 6.92 Å². The largest absolute Gasteiger partial charge is 0.317 e. The molecule has 2 N–H and O–H groups in total. The molecule has 0 atom stereocenters. The van der Waals surface area contributed by atoms with Crippen LogP contribution in [-0.2, 0) is 23.6 Å². The molecule has 0 radical (unpaired) electrons. The molecule has 1 rings (SSSR count). The fourth-order valence-electron chi connectivity index (χ4n) is 1.54. The van der Waals surface area contributed by atoms with Gasteiger partial charge in [-0.2, -0.15) is 5.10 Å². The van der Waals surface area contributed by atoms with Gasteiger partial charge >= 0.3 is 0 Å². The van der Waals surface area contributed by atoms with Gasteiger partial charge in [0.1, 0.15) is 0 Å². The first-order valence-corrected chi connectivity index (χ1v) is 7.77. The standard InChI is InChI=1S/C11H22N4O2S/c1-4-12-6-5-7-18(16,17)14-9-11-8-13-15(3)10(11)2/h8,12,14H,4-7,9H2,1-3H3. The van der Waals surface area contributed by atoms with Crippen LogP contribution in [0.1, 0.15) is 24.6 Å². The summed E-state index contributed by atoms with van der Waals surface area (Å²) in [4.78, 5) is 0. The summed E-state index contributed by atoms with van der Waals surface area (Å²) in [6.45, 7) is 5.81. The molecular formula is C11H22N4O2S. The van der Waals surface area contributed by atoms with Crippen molar-refractivity contribution in [3.63, 3.8) is 0 Å². The third-order valence-electron chi connectivity index (χ3n) is 2.84. The molecule has 1 aromatic heterocycles. The SMILES string of the molecule is CCNCCCS(=O)(=O)NCc1cnn(C)c1C. The molecule has 0 amide bonds. The van der Waals surface area contributed by atoms with E-state index in [0.717, 1.165) is 24.3 Å². The van der Waals surface area contributed by atoms with Gasteiger partial charge in [0.05, 0.1) is 11.9 Å². The van der Waals surface area contributed by atoms with Gasteiger partial charge in [-0.05, 0) is 26.4 Å². The molecule has 0 aliphatic rings. The van der Waals surface area contributed by atoms with Gasteiger partial charge in [0.15, 0.2) is 0 Å². The zero-order valence-electron chi connectivity index (χ0n) is 11.2. The highest BCUT2D eigenvalue weighted by Gasteiger charge is 2.11. The quantitative estimate of drug-likeness (QED) is 0.662. The third-order valence-corrected chi connectivity index (χ3v) is 4.25. The van der Waals surface area contributed by atoms with Gasteiger partial charge in [0, 0.05) is 24.8 Å². The van der Waals surface area contributed by atoms with Crippen molar-refractivity contribution in [2.75, 3.05) is 18.8 Å². The van der Waals surface area contributed by atoms with Crippen LogP contribution in [-0.4, -0.2) is 37.0 Å². The number of rotatable bonds is 8. The number of aromatic nitrogens is 2. The zero-order chi connectivity index (χ0) is 13.6. The molecule has 0 bridgehead atoms. The monoisotopic (exact) mass is 274 g/mol. The molecule has 18 heavy (non-hydrogen) atoms. The fourth-order valence-corrected chi connectivity index (χ4v) is 2.59. The molecule has 0 aliphatic carbocycles. The van der Waals surface area contributed by atoms with Gasteiger partial charge in [0.25, 0.3) is 0 Å². The lowest BCUT2D eigenvalue weighted by molar-refractivity contribution is 0.575. The normalized spacial score (nSPS) is 11.9. The van der Waals surface area contributed by atoms with Crippen LogP contribution in [0.4, 0.5) is 0 Å². The van der Waals surface area contributed by atoms with Crippen molar-refractivity contribution in [1.82, 2.24) is 19.8 Å². The second-order valence-corrected chi connectivity index (χ2v) is 6.15. The Balaban J connectivity index is 2.40. The summed E-state index contributed by atoms with van der Waals surface area (Å²) in [5.74, 6) is 0.152. The number of hydrogen-bond acceptors (Lipinski definition) is 4. The molecule has 0 spiro atoms. The van der Waals surface area contributed by atoms with E-state index in [1.165, 1.54) is 0 Å². The zero-order valence-corrected chi connectivity index (χ0v) is 12.0. The van der Waals surface area contributed by atoms with Crippen LogP contribution < -0.4 is 10.0 Å².